The molecule has 0 heterocycles. The number of hydrogen-bond donors (Lipinski definition) is 0. The van der Waals surface area contributed by atoms with Gasteiger partial charge in [-0.25, -0.2) is 4.39 Å². The van der Waals surface area contributed by atoms with E-state index < -0.39 is 5.67 Å². The number of carbonyl (C=O) groups excluding carboxylic acids is 1. The zero-order chi connectivity index (χ0) is 19.3. The molecule has 1 amide bonds. The molecule has 0 N–H and O–H groups in total. The first-order valence-corrected chi connectivity index (χ1v) is 9.42. The van der Waals surface area contributed by atoms with Crippen molar-refractivity contribution in [2.45, 2.75) is 44.9 Å². The summed E-state index contributed by atoms with van der Waals surface area (Å²) in [5, 5.41) is 0. The van der Waals surface area contributed by atoms with Crippen LogP contribution in [0.2, 0.25) is 0 Å². The van der Waals surface area contributed by atoms with Crippen molar-refractivity contribution in [2.75, 3.05) is 0 Å². The molecule has 2 atom stereocenters. The fourth-order valence-corrected chi connectivity index (χ4v) is 3.54. The van der Waals surface area contributed by atoms with Crippen molar-refractivity contribution in [2.24, 2.45) is 0 Å². The van der Waals surface area contributed by atoms with Gasteiger partial charge in [-0.3, -0.25) is 4.79 Å². The van der Waals surface area contributed by atoms with Crippen molar-refractivity contribution < 1.29 is 9.18 Å². The number of alkyl halides is 1. The van der Waals surface area contributed by atoms with Gasteiger partial charge in [0.25, 0.3) is 5.91 Å². The van der Waals surface area contributed by atoms with E-state index in [9.17, 15) is 4.79 Å². The lowest BCUT2D eigenvalue weighted by atomic mass is 9.89. The summed E-state index contributed by atoms with van der Waals surface area (Å²) in [5.74, 6) is -0.0611. The van der Waals surface area contributed by atoms with Gasteiger partial charge in [0, 0.05) is 31.0 Å². The number of amides is 1. The van der Waals surface area contributed by atoms with Crippen LogP contribution >= 0.6 is 0 Å². The van der Waals surface area contributed by atoms with Crippen LogP contribution in [0.15, 0.2) is 78.9 Å². The van der Waals surface area contributed by atoms with Crippen LogP contribution in [0.3, 0.4) is 0 Å². The lowest BCUT2D eigenvalue weighted by Crippen LogP contribution is -2.42. The molecule has 3 rings (SSSR count). The van der Waals surface area contributed by atoms with E-state index in [1.54, 1.807) is 17.1 Å². The van der Waals surface area contributed by atoms with Crippen LogP contribution in [0, 0.1) is 6.92 Å². The highest BCUT2D eigenvalue weighted by Gasteiger charge is 2.32. The van der Waals surface area contributed by atoms with Crippen LogP contribution in [0.5, 0.6) is 0 Å². The molecule has 0 fully saturated rings. The van der Waals surface area contributed by atoms with Crippen molar-refractivity contribution in [3.8, 4) is 0 Å². The molecular weight excluding hydrogens is 337 g/mol. The molecule has 2 unspecified atom stereocenters. The summed E-state index contributed by atoms with van der Waals surface area (Å²) >= 11 is 0. The molecular formula is C24H26FNO. The third-order valence-electron chi connectivity index (χ3n) is 4.99. The average Bonchev–Trinajstić information content (AvgIpc) is 2.66. The third-order valence-corrected chi connectivity index (χ3v) is 4.99. The highest BCUT2D eigenvalue weighted by molar-refractivity contribution is 5.94. The molecule has 0 radical (unpaired) electrons. The first-order chi connectivity index (χ1) is 13.0. The predicted octanol–water partition coefficient (Wildman–Crippen LogP) is 5.64. The Morgan fingerprint density at radius 1 is 1.15 bits per heavy atom. The number of rotatable bonds is 6. The summed E-state index contributed by atoms with van der Waals surface area (Å²) < 4.78 is 15.2. The molecule has 0 saturated carbocycles. The Bertz CT molecular complexity index is 842. The van der Waals surface area contributed by atoms with Crippen molar-refractivity contribution in [3.05, 3.63) is 95.6 Å². The summed E-state index contributed by atoms with van der Waals surface area (Å²) in [6.45, 7) is 4.37. The van der Waals surface area contributed by atoms with Gasteiger partial charge in [0.1, 0.15) is 5.67 Å². The summed E-state index contributed by atoms with van der Waals surface area (Å²) in [5.41, 5.74) is 1.31. The molecule has 2 aromatic rings. The van der Waals surface area contributed by atoms with E-state index in [2.05, 4.69) is 0 Å². The molecule has 0 spiro atoms. The maximum atomic E-state index is 15.2. The number of hydrogen-bond acceptors (Lipinski definition) is 1. The van der Waals surface area contributed by atoms with Gasteiger partial charge >= 0.3 is 0 Å². The summed E-state index contributed by atoms with van der Waals surface area (Å²) in [7, 11) is 0. The number of aryl methyl sites for hydroxylation is 1. The molecule has 2 nitrogen and oxygen atoms in total. The van der Waals surface area contributed by atoms with Crippen LogP contribution in [-0.2, 0) is 6.54 Å². The SMILES string of the molecule is Cc1cccc(C(=O)N(Cc2ccccc2)C(C)CC2(F)C=CC=CC2)c1. The summed E-state index contributed by atoms with van der Waals surface area (Å²) in [6.07, 6.45) is 7.70. The third kappa shape index (κ3) is 4.94. The Kier molecular flexibility index (Phi) is 5.90. The van der Waals surface area contributed by atoms with Crippen LogP contribution < -0.4 is 0 Å². The normalized spacial score (nSPS) is 19.7. The van der Waals surface area contributed by atoms with E-state index in [1.165, 1.54) is 0 Å². The maximum Gasteiger partial charge on any atom is 0.254 e. The Morgan fingerprint density at radius 2 is 1.93 bits per heavy atom. The Morgan fingerprint density at radius 3 is 2.59 bits per heavy atom. The monoisotopic (exact) mass is 363 g/mol. The zero-order valence-electron chi connectivity index (χ0n) is 15.9. The van der Waals surface area contributed by atoms with E-state index in [0.29, 0.717) is 18.5 Å². The molecule has 1 aliphatic rings. The van der Waals surface area contributed by atoms with Gasteiger partial charge in [0.05, 0.1) is 0 Å². The fraction of sp³-hybridized carbons (Fsp3) is 0.292. The van der Waals surface area contributed by atoms with Crippen LogP contribution in [0.25, 0.3) is 0 Å². The molecule has 0 bridgehead atoms. The minimum Gasteiger partial charge on any atom is -0.331 e. The molecule has 140 valence electrons. The lowest BCUT2D eigenvalue weighted by molar-refractivity contribution is 0.0603. The fourth-order valence-electron chi connectivity index (χ4n) is 3.54. The standard InChI is InChI=1S/C24H26FNO/c1-19-10-9-13-22(16-19)23(27)26(18-21-11-5-3-6-12-21)20(2)17-24(25)14-7-4-8-15-24/h3-14,16,20H,15,17-18H2,1-2H3. The summed E-state index contributed by atoms with van der Waals surface area (Å²) in [6, 6.07) is 17.2. The van der Waals surface area contributed by atoms with Crippen molar-refractivity contribution in [3.63, 3.8) is 0 Å². The highest BCUT2D eigenvalue weighted by Crippen LogP contribution is 2.30. The Hall–Kier alpha value is -2.68. The molecule has 0 aliphatic heterocycles. The molecule has 27 heavy (non-hydrogen) atoms. The van der Waals surface area contributed by atoms with E-state index in [1.807, 2.05) is 80.6 Å². The second-order valence-corrected chi connectivity index (χ2v) is 7.37. The Balaban J connectivity index is 1.85. The van der Waals surface area contributed by atoms with Crippen LogP contribution in [-0.4, -0.2) is 22.5 Å². The van der Waals surface area contributed by atoms with Gasteiger partial charge in [-0.05, 0) is 37.6 Å². The number of benzene rings is 2. The summed E-state index contributed by atoms with van der Waals surface area (Å²) in [4.78, 5) is 15.0. The first-order valence-electron chi connectivity index (χ1n) is 9.42. The average molecular weight is 363 g/mol. The largest absolute Gasteiger partial charge is 0.331 e. The van der Waals surface area contributed by atoms with Crippen LogP contribution in [0.1, 0.15) is 41.3 Å². The van der Waals surface area contributed by atoms with Gasteiger partial charge in [-0.1, -0.05) is 66.3 Å². The molecule has 0 saturated heterocycles. The smallest absolute Gasteiger partial charge is 0.254 e. The van der Waals surface area contributed by atoms with Gasteiger partial charge in [0.2, 0.25) is 0 Å². The van der Waals surface area contributed by atoms with Crippen molar-refractivity contribution in [1.82, 2.24) is 4.90 Å². The molecule has 2 aromatic carbocycles. The Labute approximate surface area is 161 Å². The van der Waals surface area contributed by atoms with E-state index >= 15 is 4.39 Å². The quantitative estimate of drug-likeness (QED) is 0.650. The van der Waals surface area contributed by atoms with Crippen molar-refractivity contribution >= 4 is 5.91 Å². The van der Waals surface area contributed by atoms with Gasteiger partial charge in [-0.15, -0.1) is 0 Å². The lowest BCUT2D eigenvalue weighted by Gasteiger charge is -2.34. The minimum atomic E-state index is -1.41. The second kappa shape index (κ2) is 8.34. The molecule has 1 aliphatic carbocycles. The van der Waals surface area contributed by atoms with E-state index in [-0.39, 0.29) is 18.4 Å². The van der Waals surface area contributed by atoms with Gasteiger partial charge in [0.15, 0.2) is 0 Å². The van der Waals surface area contributed by atoms with Gasteiger partial charge < -0.3 is 4.90 Å². The van der Waals surface area contributed by atoms with E-state index in [0.717, 1.165) is 11.1 Å². The highest BCUT2D eigenvalue weighted by atomic mass is 19.1. The second-order valence-electron chi connectivity index (χ2n) is 7.37. The molecule has 3 heteroatoms. The number of allylic oxidation sites excluding steroid dienone is 4. The van der Waals surface area contributed by atoms with Crippen LogP contribution in [0.4, 0.5) is 4.39 Å². The minimum absolute atomic E-state index is 0.0611. The topological polar surface area (TPSA) is 20.3 Å². The number of halogens is 1. The number of nitrogens with zero attached hydrogens (tertiary/aromatic N) is 1. The van der Waals surface area contributed by atoms with Gasteiger partial charge in [-0.2, -0.15) is 0 Å². The van der Waals surface area contributed by atoms with E-state index in [4.69, 9.17) is 0 Å². The van der Waals surface area contributed by atoms with Crippen molar-refractivity contribution in [1.29, 1.82) is 0 Å². The molecule has 0 aromatic heterocycles. The maximum absolute atomic E-state index is 15.2. The predicted molar refractivity (Wildman–Crippen MR) is 108 cm³/mol. The zero-order valence-corrected chi connectivity index (χ0v) is 15.9. The first kappa shape index (κ1) is 19.1. The number of carbonyl (C=O) groups is 1.